The average Bonchev–Trinajstić information content (AvgIpc) is 2.96. The van der Waals surface area contributed by atoms with Crippen molar-refractivity contribution in [2.24, 2.45) is 0 Å². The molecular weight excluding hydrogens is 564 g/mol. The van der Waals surface area contributed by atoms with Crippen molar-refractivity contribution >= 4 is 23.5 Å². The van der Waals surface area contributed by atoms with Crippen molar-refractivity contribution in [1.82, 2.24) is 0 Å². The van der Waals surface area contributed by atoms with Crippen LogP contribution >= 0.6 is 0 Å². The average molecular weight is 603 g/mol. The monoisotopic (exact) mass is 602 g/mol. The Bertz CT molecular complexity index is 1460. The van der Waals surface area contributed by atoms with Crippen molar-refractivity contribution in [2.75, 3.05) is 7.11 Å². The largest absolute Gasteiger partial charge is 0.507 e. The maximum absolute atomic E-state index is 11.8. The molecule has 2 aromatic rings. The van der Waals surface area contributed by atoms with Crippen LogP contribution in [0.15, 0.2) is 54.9 Å². The molecule has 0 saturated heterocycles. The number of ether oxygens (including phenoxy) is 1. The van der Waals surface area contributed by atoms with E-state index in [1.165, 1.54) is 31.4 Å². The maximum Gasteiger partial charge on any atom is 0.350 e. The number of esters is 1. The normalized spacial score (nSPS) is 12.4. The standard InChI is InChI=1S/C16H20O6.C15H18O6/c1-4-11(17)15-12(18)9-13(22-16(15)20)10(2)7-5-6-8-14(19)21-3;1-3-10(16)14-11(17)8-12(21-15(14)20)9(2)6-4-5-7-13(18)19/h6,8-10,18H,4-5,7H2,1-3H3;5,7-9,17H,3-4,6H2,1-2H3,(H,18,19)/b8-6+;7-5+. The minimum atomic E-state index is -1.02. The second-order valence-corrected chi connectivity index (χ2v) is 9.57. The first-order valence-electron chi connectivity index (χ1n) is 13.7. The third-order valence-corrected chi connectivity index (χ3v) is 6.32. The minimum absolute atomic E-state index is 0.104. The number of carbonyl (C=O) groups is 4. The van der Waals surface area contributed by atoms with Gasteiger partial charge in [0.1, 0.15) is 34.1 Å². The van der Waals surface area contributed by atoms with E-state index in [4.69, 9.17) is 13.9 Å². The van der Waals surface area contributed by atoms with Crippen LogP contribution in [0.4, 0.5) is 0 Å². The van der Waals surface area contributed by atoms with Gasteiger partial charge in [0, 0.05) is 49.0 Å². The quantitative estimate of drug-likeness (QED) is 0.148. The molecule has 0 radical (unpaired) electrons. The molecule has 0 aliphatic heterocycles. The van der Waals surface area contributed by atoms with Crippen molar-refractivity contribution in [1.29, 1.82) is 0 Å². The van der Waals surface area contributed by atoms with Crippen molar-refractivity contribution in [3.8, 4) is 11.5 Å². The molecule has 43 heavy (non-hydrogen) atoms. The van der Waals surface area contributed by atoms with Gasteiger partial charge < -0.3 is 28.9 Å². The Kier molecular flexibility index (Phi) is 15.1. The van der Waals surface area contributed by atoms with Gasteiger partial charge in [-0.3, -0.25) is 9.59 Å². The molecular formula is C31H38O12. The molecule has 234 valence electrons. The molecule has 0 aliphatic carbocycles. The molecule has 0 aromatic carbocycles. The molecule has 2 aromatic heterocycles. The molecule has 2 heterocycles. The van der Waals surface area contributed by atoms with Gasteiger partial charge >= 0.3 is 23.2 Å². The maximum atomic E-state index is 11.8. The molecule has 0 saturated carbocycles. The zero-order valence-electron chi connectivity index (χ0n) is 24.9. The highest BCUT2D eigenvalue weighted by Crippen LogP contribution is 2.26. The number of rotatable bonds is 14. The Balaban J connectivity index is 0.000000430. The number of Topliss-reactive ketones (excluding diaryl/α,β-unsaturated/α-hetero) is 2. The van der Waals surface area contributed by atoms with Crippen LogP contribution in [0.25, 0.3) is 0 Å². The summed E-state index contributed by atoms with van der Waals surface area (Å²) in [6, 6.07) is 2.58. The Hall–Kier alpha value is -4.74. The predicted octanol–water partition coefficient (Wildman–Crippen LogP) is 5.01. The van der Waals surface area contributed by atoms with E-state index >= 15 is 0 Å². The number of carboxylic acids is 1. The van der Waals surface area contributed by atoms with E-state index in [1.807, 2.05) is 6.92 Å². The zero-order chi connectivity index (χ0) is 32.7. The Morgan fingerprint density at radius 3 is 1.51 bits per heavy atom. The van der Waals surface area contributed by atoms with E-state index in [2.05, 4.69) is 4.74 Å². The molecule has 0 bridgehead atoms. The van der Waals surface area contributed by atoms with Gasteiger partial charge in [0.05, 0.1) is 7.11 Å². The second-order valence-electron chi connectivity index (χ2n) is 9.57. The first-order valence-corrected chi connectivity index (χ1v) is 13.7. The van der Waals surface area contributed by atoms with Crippen LogP contribution in [-0.2, 0) is 14.3 Å². The van der Waals surface area contributed by atoms with Gasteiger partial charge in [0.15, 0.2) is 11.6 Å². The van der Waals surface area contributed by atoms with Crippen LogP contribution in [0, 0.1) is 0 Å². The number of hydrogen-bond donors (Lipinski definition) is 3. The van der Waals surface area contributed by atoms with Crippen LogP contribution in [-0.4, -0.2) is 45.9 Å². The number of aliphatic carboxylic acids is 1. The SMILES string of the molecule is CCC(=O)c1c(O)cc(C(C)CC/C=C/C(=O)O)oc1=O.CCC(=O)c1c(O)cc(C(C)CC/C=C/C(=O)OC)oc1=O. The smallest absolute Gasteiger partial charge is 0.350 e. The Labute approximate surface area is 248 Å². The van der Waals surface area contributed by atoms with E-state index in [9.17, 15) is 39.0 Å². The Morgan fingerprint density at radius 1 is 0.791 bits per heavy atom. The molecule has 0 spiro atoms. The fourth-order valence-electron chi connectivity index (χ4n) is 3.76. The zero-order valence-corrected chi connectivity index (χ0v) is 24.9. The van der Waals surface area contributed by atoms with E-state index in [-0.39, 0.29) is 53.1 Å². The van der Waals surface area contributed by atoms with Crippen LogP contribution < -0.4 is 11.3 Å². The molecule has 0 amide bonds. The molecule has 3 N–H and O–H groups in total. The van der Waals surface area contributed by atoms with Crippen molar-refractivity contribution in [3.63, 3.8) is 0 Å². The van der Waals surface area contributed by atoms with E-state index in [0.29, 0.717) is 31.4 Å². The summed E-state index contributed by atoms with van der Waals surface area (Å²) >= 11 is 0. The van der Waals surface area contributed by atoms with Crippen molar-refractivity contribution in [2.45, 2.75) is 78.1 Å². The third-order valence-electron chi connectivity index (χ3n) is 6.32. The van der Waals surface area contributed by atoms with Gasteiger partial charge in [-0.15, -0.1) is 0 Å². The summed E-state index contributed by atoms with van der Waals surface area (Å²) in [6.07, 6.45) is 7.99. The number of aromatic hydroxyl groups is 2. The number of carboxylic acid groups (broad SMARTS) is 1. The van der Waals surface area contributed by atoms with Crippen LogP contribution in [0.3, 0.4) is 0 Å². The lowest BCUT2D eigenvalue weighted by atomic mass is 10.0. The highest BCUT2D eigenvalue weighted by Gasteiger charge is 2.20. The van der Waals surface area contributed by atoms with Crippen molar-refractivity contribution in [3.05, 3.63) is 79.9 Å². The number of ketones is 2. The molecule has 12 nitrogen and oxygen atoms in total. The summed E-state index contributed by atoms with van der Waals surface area (Å²) in [4.78, 5) is 67.9. The highest BCUT2D eigenvalue weighted by atomic mass is 16.5. The molecule has 2 unspecified atom stereocenters. The highest BCUT2D eigenvalue weighted by molar-refractivity contribution is 5.98. The van der Waals surface area contributed by atoms with Gasteiger partial charge in [-0.05, 0) is 25.7 Å². The van der Waals surface area contributed by atoms with Crippen molar-refractivity contribution < 1.29 is 48.1 Å². The molecule has 2 atom stereocenters. The van der Waals surface area contributed by atoms with Gasteiger partial charge in [0.2, 0.25) is 0 Å². The summed E-state index contributed by atoms with van der Waals surface area (Å²) in [5.41, 5.74) is -2.29. The third kappa shape index (κ3) is 11.6. The molecule has 0 aliphatic rings. The predicted molar refractivity (Wildman–Crippen MR) is 156 cm³/mol. The second kappa shape index (κ2) is 17.9. The topological polar surface area (TPSA) is 199 Å². The van der Waals surface area contributed by atoms with Crippen LogP contribution in [0.1, 0.15) is 110 Å². The van der Waals surface area contributed by atoms with E-state index < -0.39 is 34.8 Å². The number of carbonyl (C=O) groups excluding carboxylic acids is 3. The first kappa shape index (κ1) is 36.3. The number of hydrogen-bond acceptors (Lipinski definition) is 11. The van der Waals surface area contributed by atoms with Gasteiger partial charge in [-0.25, -0.2) is 19.2 Å². The number of methoxy groups -OCH3 is 1. The summed E-state index contributed by atoms with van der Waals surface area (Å²) in [6.45, 7) is 6.80. The molecule has 2 rings (SSSR count). The summed E-state index contributed by atoms with van der Waals surface area (Å²) < 4.78 is 14.7. The van der Waals surface area contributed by atoms with Gasteiger partial charge in [-0.1, -0.05) is 39.8 Å². The lowest BCUT2D eigenvalue weighted by Crippen LogP contribution is -2.15. The van der Waals surface area contributed by atoms with Crippen LogP contribution in [0.5, 0.6) is 11.5 Å². The molecule has 0 fully saturated rings. The fraction of sp³-hybridized carbons (Fsp3) is 0.419. The van der Waals surface area contributed by atoms with E-state index in [0.717, 1.165) is 6.08 Å². The van der Waals surface area contributed by atoms with Gasteiger partial charge in [-0.2, -0.15) is 0 Å². The first-order chi connectivity index (χ1) is 20.3. The lowest BCUT2D eigenvalue weighted by Gasteiger charge is -2.10. The van der Waals surface area contributed by atoms with E-state index in [1.54, 1.807) is 26.8 Å². The summed E-state index contributed by atoms with van der Waals surface area (Å²) in [5.74, 6) is -2.85. The Morgan fingerprint density at radius 2 is 1.19 bits per heavy atom. The lowest BCUT2D eigenvalue weighted by molar-refractivity contribution is -0.135. The molecule has 12 heteroatoms. The van der Waals surface area contributed by atoms with Crippen LogP contribution in [0.2, 0.25) is 0 Å². The number of allylic oxidation sites excluding steroid dienone is 2. The fourth-order valence-corrected chi connectivity index (χ4v) is 3.76. The summed E-state index contributed by atoms with van der Waals surface area (Å²) in [5, 5.41) is 28.1. The van der Waals surface area contributed by atoms with Gasteiger partial charge in [0.25, 0.3) is 0 Å². The summed E-state index contributed by atoms with van der Waals surface area (Å²) in [7, 11) is 1.30. The minimum Gasteiger partial charge on any atom is -0.507 e.